The maximum Gasteiger partial charge on any atom is 0.328 e. The van der Waals surface area contributed by atoms with Gasteiger partial charge in [0.05, 0.1) is 10.9 Å². The van der Waals surface area contributed by atoms with E-state index in [4.69, 9.17) is 0 Å². The van der Waals surface area contributed by atoms with Crippen molar-refractivity contribution < 1.29 is 4.79 Å². The van der Waals surface area contributed by atoms with E-state index in [0.717, 1.165) is 22.8 Å². The van der Waals surface area contributed by atoms with E-state index in [9.17, 15) is 14.4 Å². The van der Waals surface area contributed by atoms with Crippen molar-refractivity contribution in [3.63, 3.8) is 0 Å². The monoisotopic (exact) mass is 451 g/mol. The molecule has 4 saturated carbocycles. The highest BCUT2D eigenvalue weighted by molar-refractivity contribution is 7.15. The first-order valence-electron chi connectivity index (χ1n) is 11.3. The number of nitrogens with one attached hydrogen (secondary N) is 2. The molecule has 4 aliphatic carbocycles. The van der Waals surface area contributed by atoms with Crippen molar-refractivity contribution in [2.75, 3.05) is 5.32 Å². The molecule has 1 amide bonds. The van der Waals surface area contributed by atoms with Crippen molar-refractivity contribution in [2.24, 2.45) is 17.8 Å². The molecule has 0 spiro atoms. The van der Waals surface area contributed by atoms with Gasteiger partial charge >= 0.3 is 5.69 Å². The van der Waals surface area contributed by atoms with Crippen LogP contribution < -0.4 is 16.6 Å². The first kappa shape index (κ1) is 19.8. The van der Waals surface area contributed by atoms with E-state index < -0.39 is 11.2 Å². The summed E-state index contributed by atoms with van der Waals surface area (Å²) in [6, 6.07) is 6.89. The molecule has 4 aliphatic rings. The van der Waals surface area contributed by atoms with Crippen LogP contribution in [0.1, 0.15) is 50.0 Å². The van der Waals surface area contributed by atoms with Crippen LogP contribution in [-0.2, 0) is 16.8 Å². The summed E-state index contributed by atoms with van der Waals surface area (Å²) in [5, 5.41) is 13.7. The van der Waals surface area contributed by atoms with Crippen LogP contribution in [0.4, 0.5) is 5.13 Å². The second-order valence-corrected chi connectivity index (χ2v) is 10.8. The molecule has 0 atom stereocenters. The first-order chi connectivity index (χ1) is 15.5. The maximum atomic E-state index is 12.6. The number of benzene rings is 1. The third-order valence-corrected chi connectivity index (χ3v) is 8.72. The molecule has 0 radical (unpaired) electrons. The quantitative estimate of drug-likeness (QED) is 0.620. The predicted octanol–water partition coefficient (Wildman–Crippen LogP) is 3.04. The molecule has 32 heavy (non-hydrogen) atoms. The number of anilines is 1. The number of fused-ring (bicyclic) bond motifs is 1. The minimum atomic E-state index is -0.512. The molecule has 8 nitrogen and oxygen atoms in total. The van der Waals surface area contributed by atoms with Crippen molar-refractivity contribution in [3.05, 3.63) is 50.1 Å². The summed E-state index contributed by atoms with van der Waals surface area (Å²) in [6.45, 7) is 0.169. The van der Waals surface area contributed by atoms with E-state index >= 15 is 0 Å². The van der Waals surface area contributed by atoms with Crippen LogP contribution in [-0.4, -0.2) is 25.7 Å². The number of para-hydroxylation sites is 1. The Morgan fingerprint density at radius 2 is 1.78 bits per heavy atom. The zero-order valence-electron chi connectivity index (χ0n) is 17.7. The Morgan fingerprint density at radius 3 is 2.50 bits per heavy atom. The van der Waals surface area contributed by atoms with Gasteiger partial charge in [-0.15, -0.1) is 10.2 Å². The van der Waals surface area contributed by atoms with Gasteiger partial charge in [-0.05, 0) is 68.4 Å². The Kier molecular flexibility index (Phi) is 4.57. The summed E-state index contributed by atoms with van der Waals surface area (Å²) in [7, 11) is 0. The Hall–Kier alpha value is -2.81. The number of carbonyl (C=O) groups excluding carboxylic acids is 1. The molecule has 3 aromatic rings. The predicted molar refractivity (Wildman–Crippen MR) is 122 cm³/mol. The van der Waals surface area contributed by atoms with Crippen LogP contribution in [0.15, 0.2) is 33.9 Å². The number of nitrogens with zero attached hydrogens (tertiary/aromatic N) is 3. The van der Waals surface area contributed by atoms with E-state index in [2.05, 4.69) is 20.5 Å². The van der Waals surface area contributed by atoms with Gasteiger partial charge in [0, 0.05) is 18.4 Å². The van der Waals surface area contributed by atoms with Crippen LogP contribution in [0, 0.1) is 17.8 Å². The smallest absolute Gasteiger partial charge is 0.300 e. The van der Waals surface area contributed by atoms with E-state index in [0.29, 0.717) is 16.0 Å². The molecule has 1 aromatic carbocycles. The number of aromatic nitrogens is 4. The number of rotatable bonds is 5. The molecule has 2 heterocycles. The lowest BCUT2D eigenvalue weighted by atomic mass is 9.50. The number of hydrogen-bond donors (Lipinski definition) is 2. The van der Waals surface area contributed by atoms with Crippen molar-refractivity contribution in [3.8, 4) is 0 Å². The molecule has 4 bridgehead atoms. The van der Waals surface area contributed by atoms with Crippen LogP contribution in [0.3, 0.4) is 0 Å². The van der Waals surface area contributed by atoms with Gasteiger partial charge in [0.25, 0.3) is 5.56 Å². The summed E-state index contributed by atoms with van der Waals surface area (Å²) >= 11 is 1.51. The molecular weight excluding hydrogens is 426 g/mol. The van der Waals surface area contributed by atoms with E-state index in [1.165, 1.54) is 54.4 Å². The molecule has 2 N–H and O–H groups in total. The van der Waals surface area contributed by atoms with Crippen LogP contribution in [0.2, 0.25) is 0 Å². The Bertz CT molecular complexity index is 1290. The molecule has 0 unspecified atom stereocenters. The van der Waals surface area contributed by atoms with Crippen LogP contribution in [0.25, 0.3) is 10.9 Å². The molecule has 7 rings (SSSR count). The second kappa shape index (κ2) is 7.37. The average molecular weight is 452 g/mol. The number of hydrogen-bond acceptors (Lipinski definition) is 6. The lowest BCUT2D eigenvalue weighted by molar-refractivity contribution is -0.116. The topological polar surface area (TPSA) is 110 Å². The number of H-pyrrole nitrogens is 1. The molecule has 2 aromatic heterocycles. The SMILES string of the molecule is O=C(CCn1c(=O)[nH]c(=O)c2ccccc21)Nc1nnc(C23CC4CC(CC(C4)C2)C3)s1. The minimum Gasteiger partial charge on any atom is -0.300 e. The zero-order valence-corrected chi connectivity index (χ0v) is 18.5. The highest BCUT2D eigenvalue weighted by Crippen LogP contribution is 2.61. The minimum absolute atomic E-state index is 0.0994. The van der Waals surface area contributed by atoms with Gasteiger partial charge in [0.15, 0.2) is 0 Å². The van der Waals surface area contributed by atoms with Gasteiger partial charge in [-0.1, -0.05) is 23.5 Å². The van der Waals surface area contributed by atoms with Crippen LogP contribution in [0.5, 0.6) is 0 Å². The van der Waals surface area contributed by atoms with Crippen molar-refractivity contribution in [1.82, 2.24) is 19.7 Å². The Balaban J connectivity index is 1.16. The summed E-state index contributed by atoms with van der Waals surface area (Å²) in [5.74, 6) is 2.26. The molecule has 0 saturated heterocycles. The maximum absolute atomic E-state index is 12.6. The fraction of sp³-hybridized carbons (Fsp3) is 0.522. The number of amides is 1. The normalized spacial score (nSPS) is 28.3. The Labute approximate surface area is 188 Å². The summed E-state index contributed by atoms with van der Waals surface area (Å²) in [5.41, 5.74) is -0.245. The lowest BCUT2D eigenvalue weighted by Crippen LogP contribution is -2.48. The van der Waals surface area contributed by atoms with Gasteiger partial charge in [0.2, 0.25) is 11.0 Å². The first-order valence-corrected chi connectivity index (χ1v) is 12.2. The fourth-order valence-electron chi connectivity index (χ4n) is 6.72. The van der Waals surface area contributed by atoms with E-state index in [1.54, 1.807) is 24.3 Å². The fourth-order valence-corrected chi connectivity index (χ4v) is 7.70. The number of aromatic amines is 1. The standard InChI is InChI=1S/C23H25N5O3S/c29-18(5-6-28-17-4-2-1-3-16(17)19(30)25-22(28)31)24-21-27-26-20(32-21)23-10-13-7-14(11-23)9-15(8-13)12-23/h1-4,13-15H,5-12H2,(H,24,27,29)(H,25,30,31). The van der Waals surface area contributed by atoms with Gasteiger partial charge in [-0.25, -0.2) is 4.79 Å². The third-order valence-electron chi connectivity index (χ3n) is 7.63. The molecule has 9 heteroatoms. The average Bonchev–Trinajstić information content (AvgIpc) is 3.22. The second-order valence-electron chi connectivity index (χ2n) is 9.84. The largest absolute Gasteiger partial charge is 0.328 e. The van der Waals surface area contributed by atoms with Crippen LogP contribution >= 0.6 is 11.3 Å². The van der Waals surface area contributed by atoms with Crippen molar-refractivity contribution in [2.45, 2.75) is 56.9 Å². The molecular formula is C23H25N5O3S. The van der Waals surface area contributed by atoms with Gasteiger partial charge < -0.3 is 5.32 Å². The number of carbonyl (C=O) groups is 1. The summed E-state index contributed by atoms with van der Waals surface area (Å²) in [6.07, 6.45) is 7.86. The molecule has 4 fully saturated rings. The lowest BCUT2D eigenvalue weighted by Gasteiger charge is -2.55. The summed E-state index contributed by atoms with van der Waals surface area (Å²) in [4.78, 5) is 39.2. The summed E-state index contributed by atoms with van der Waals surface area (Å²) < 4.78 is 1.43. The van der Waals surface area contributed by atoms with Gasteiger partial charge in [-0.3, -0.25) is 19.1 Å². The third kappa shape index (κ3) is 3.30. The number of aryl methyl sites for hydroxylation is 1. The van der Waals surface area contributed by atoms with Crippen molar-refractivity contribution in [1.29, 1.82) is 0 Å². The zero-order chi connectivity index (χ0) is 21.9. The van der Waals surface area contributed by atoms with E-state index in [1.807, 2.05) is 0 Å². The Morgan fingerprint density at radius 1 is 1.09 bits per heavy atom. The van der Waals surface area contributed by atoms with E-state index in [-0.39, 0.29) is 24.3 Å². The van der Waals surface area contributed by atoms with Gasteiger partial charge in [0.1, 0.15) is 5.01 Å². The molecule has 0 aliphatic heterocycles. The highest BCUT2D eigenvalue weighted by atomic mass is 32.1. The molecule has 166 valence electrons. The van der Waals surface area contributed by atoms with Gasteiger partial charge in [-0.2, -0.15) is 0 Å². The van der Waals surface area contributed by atoms with Crippen molar-refractivity contribution >= 4 is 33.3 Å². The highest BCUT2D eigenvalue weighted by Gasteiger charge is 2.53.